The number of alkyl halides is 1. The lowest BCUT2D eigenvalue weighted by molar-refractivity contribution is -0.151. The average molecular weight is 209 g/mol. The van der Waals surface area contributed by atoms with Crippen molar-refractivity contribution in [2.75, 3.05) is 7.11 Å². The zero-order valence-corrected chi connectivity index (χ0v) is 7.47. The highest BCUT2D eigenvalue weighted by molar-refractivity contribution is 9.10. The summed E-state index contributed by atoms with van der Waals surface area (Å²) in [6, 6.07) is 0. The zero-order valence-electron chi connectivity index (χ0n) is 5.89. The Labute approximate surface area is 67.9 Å². The minimum absolute atomic E-state index is 0.403. The first-order valence-corrected chi connectivity index (χ1v) is 3.81. The first-order valence-electron chi connectivity index (χ1n) is 2.89. The summed E-state index contributed by atoms with van der Waals surface area (Å²) in [5, 5.41) is 0. The van der Waals surface area contributed by atoms with Crippen LogP contribution in [0.25, 0.3) is 0 Å². The summed E-state index contributed by atoms with van der Waals surface area (Å²) in [7, 11) is 1.19. The second-order valence-electron chi connectivity index (χ2n) is 1.73. The molecule has 0 saturated heterocycles. The molecule has 0 fully saturated rings. The van der Waals surface area contributed by atoms with Gasteiger partial charge >= 0.3 is 5.97 Å². The Hall–Kier alpha value is -0.380. The van der Waals surface area contributed by atoms with Gasteiger partial charge in [0.1, 0.15) is 0 Å². The number of methoxy groups -OCH3 is 1. The van der Waals surface area contributed by atoms with E-state index in [1.165, 1.54) is 7.11 Å². The molecule has 10 heavy (non-hydrogen) atoms. The highest BCUT2D eigenvalue weighted by Crippen LogP contribution is 2.05. The number of ketones is 1. The molecule has 0 heterocycles. The lowest BCUT2D eigenvalue weighted by atomic mass is 10.2. The molecule has 4 heteroatoms. The van der Waals surface area contributed by atoms with Crippen molar-refractivity contribution in [1.29, 1.82) is 0 Å². The molecule has 0 aliphatic heterocycles. The molecule has 3 nitrogen and oxygen atoms in total. The van der Waals surface area contributed by atoms with Crippen molar-refractivity contribution in [3.05, 3.63) is 0 Å². The molecular weight excluding hydrogens is 200 g/mol. The Kier molecular flexibility index (Phi) is 4.27. The van der Waals surface area contributed by atoms with Crippen LogP contribution >= 0.6 is 15.9 Å². The van der Waals surface area contributed by atoms with Crippen LogP contribution in [0.5, 0.6) is 0 Å². The molecule has 0 saturated carbocycles. The second-order valence-corrected chi connectivity index (χ2v) is 2.84. The number of halogens is 1. The molecule has 0 bridgehead atoms. The van der Waals surface area contributed by atoms with Crippen LogP contribution in [0.15, 0.2) is 0 Å². The smallest absolute Gasteiger partial charge is 0.375 e. The van der Waals surface area contributed by atoms with Crippen molar-refractivity contribution in [1.82, 2.24) is 0 Å². The van der Waals surface area contributed by atoms with Gasteiger partial charge in [-0.2, -0.15) is 0 Å². The molecule has 0 aliphatic carbocycles. The topological polar surface area (TPSA) is 43.4 Å². The maximum atomic E-state index is 10.8. The Morgan fingerprint density at radius 3 is 2.40 bits per heavy atom. The summed E-state index contributed by atoms with van der Waals surface area (Å²) >= 11 is 3.03. The molecule has 0 amide bonds. The van der Waals surface area contributed by atoms with Gasteiger partial charge in [-0.1, -0.05) is 22.9 Å². The van der Waals surface area contributed by atoms with Gasteiger partial charge in [0.2, 0.25) is 0 Å². The Bertz CT molecular complexity index is 144. The molecule has 0 N–H and O–H groups in total. The van der Waals surface area contributed by atoms with Crippen molar-refractivity contribution >= 4 is 27.7 Å². The van der Waals surface area contributed by atoms with Crippen molar-refractivity contribution in [2.24, 2.45) is 0 Å². The molecule has 0 aromatic carbocycles. The van der Waals surface area contributed by atoms with Crippen LogP contribution in [0.2, 0.25) is 0 Å². The molecule has 0 rings (SSSR count). The third-order valence-electron chi connectivity index (χ3n) is 1.03. The molecule has 0 spiro atoms. The van der Waals surface area contributed by atoms with Crippen molar-refractivity contribution < 1.29 is 14.3 Å². The fourth-order valence-electron chi connectivity index (χ4n) is 0.414. The predicted molar refractivity (Wildman–Crippen MR) is 40.0 cm³/mol. The molecular formula is C6H9BrO3. The highest BCUT2D eigenvalue weighted by Gasteiger charge is 2.21. The number of esters is 1. The predicted octanol–water partition coefficient (Wildman–Crippen LogP) is 0.902. The van der Waals surface area contributed by atoms with E-state index in [0.29, 0.717) is 6.42 Å². The van der Waals surface area contributed by atoms with Crippen LogP contribution in [0, 0.1) is 0 Å². The van der Waals surface area contributed by atoms with Gasteiger partial charge in [0, 0.05) is 0 Å². The molecule has 1 atom stereocenters. The van der Waals surface area contributed by atoms with E-state index in [-0.39, 0.29) is 0 Å². The number of carbonyl (C=O) groups is 2. The monoisotopic (exact) mass is 208 g/mol. The van der Waals surface area contributed by atoms with E-state index in [1.54, 1.807) is 6.92 Å². The zero-order chi connectivity index (χ0) is 8.15. The van der Waals surface area contributed by atoms with Crippen molar-refractivity contribution in [3.8, 4) is 0 Å². The number of Topliss-reactive ketones (excluding diaryl/α,β-unsaturated/α-hetero) is 1. The van der Waals surface area contributed by atoms with Crippen LogP contribution in [0.4, 0.5) is 0 Å². The minimum Gasteiger partial charge on any atom is -0.463 e. The van der Waals surface area contributed by atoms with Gasteiger partial charge in [-0.05, 0) is 6.42 Å². The normalized spacial score (nSPS) is 12.3. The first kappa shape index (κ1) is 9.62. The lowest BCUT2D eigenvalue weighted by Crippen LogP contribution is -2.24. The van der Waals surface area contributed by atoms with E-state index in [0.717, 1.165) is 0 Å². The fourth-order valence-corrected chi connectivity index (χ4v) is 0.601. The lowest BCUT2D eigenvalue weighted by Gasteiger charge is -2.01. The van der Waals surface area contributed by atoms with E-state index >= 15 is 0 Å². The third-order valence-corrected chi connectivity index (χ3v) is 2.09. The van der Waals surface area contributed by atoms with Crippen molar-refractivity contribution in [2.45, 2.75) is 18.2 Å². The number of ether oxygens (including phenoxy) is 1. The quantitative estimate of drug-likeness (QED) is 0.394. The van der Waals surface area contributed by atoms with E-state index in [2.05, 4.69) is 20.7 Å². The van der Waals surface area contributed by atoms with E-state index in [4.69, 9.17) is 0 Å². The van der Waals surface area contributed by atoms with Crippen molar-refractivity contribution in [3.63, 3.8) is 0 Å². The third kappa shape index (κ3) is 2.47. The molecule has 0 unspecified atom stereocenters. The number of carbonyl (C=O) groups excluding carboxylic acids is 2. The van der Waals surface area contributed by atoms with E-state index in [9.17, 15) is 9.59 Å². The van der Waals surface area contributed by atoms with Crippen LogP contribution in [-0.2, 0) is 14.3 Å². The molecule has 0 aliphatic rings. The molecule has 0 aromatic heterocycles. The Balaban J connectivity index is 3.95. The molecule has 0 aromatic rings. The second kappa shape index (κ2) is 4.44. The number of hydrogen-bond donors (Lipinski definition) is 0. The number of hydrogen-bond acceptors (Lipinski definition) is 3. The maximum Gasteiger partial charge on any atom is 0.375 e. The van der Waals surface area contributed by atoms with Crippen LogP contribution in [0.3, 0.4) is 0 Å². The molecule has 0 radical (unpaired) electrons. The fraction of sp³-hybridized carbons (Fsp3) is 0.667. The van der Waals surface area contributed by atoms with E-state index in [1.807, 2.05) is 0 Å². The summed E-state index contributed by atoms with van der Waals surface area (Å²) in [6.07, 6.45) is 0.591. The summed E-state index contributed by atoms with van der Waals surface area (Å²) in [6.45, 7) is 1.81. The van der Waals surface area contributed by atoms with Gasteiger partial charge < -0.3 is 4.74 Å². The maximum absolute atomic E-state index is 10.8. The summed E-state index contributed by atoms with van der Waals surface area (Å²) in [5.41, 5.74) is 0. The minimum atomic E-state index is -0.788. The first-order chi connectivity index (χ1) is 4.63. The SMILES string of the molecule is CC[C@@H](Br)C(=O)C(=O)OC. The van der Waals surface area contributed by atoms with Crippen LogP contribution in [0.1, 0.15) is 13.3 Å². The number of rotatable bonds is 3. The Morgan fingerprint density at radius 2 is 2.10 bits per heavy atom. The molecule has 58 valence electrons. The van der Waals surface area contributed by atoms with E-state index < -0.39 is 16.6 Å². The summed E-state index contributed by atoms with van der Waals surface area (Å²) < 4.78 is 4.22. The van der Waals surface area contributed by atoms with Gasteiger partial charge in [0.15, 0.2) is 0 Å². The Morgan fingerprint density at radius 1 is 1.60 bits per heavy atom. The highest BCUT2D eigenvalue weighted by atomic mass is 79.9. The van der Waals surface area contributed by atoms with Gasteiger partial charge in [0.25, 0.3) is 5.78 Å². The largest absolute Gasteiger partial charge is 0.463 e. The van der Waals surface area contributed by atoms with Gasteiger partial charge in [-0.3, -0.25) is 4.79 Å². The van der Waals surface area contributed by atoms with Gasteiger partial charge in [-0.15, -0.1) is 0 Å². The summed E-state index contributed by atoms with van der Waals surface area (Å²) in [5.74, 6) is -1.31. The standard InChI is InChI=1S/C6H9BrO3/c1-3-4(7)5(8)6(9)10-2/h4H,3H2,1-2H3/t4-/m1/s1. The van der Waals surface area contributed by atoms with Gasteiger partial charge in [0.05, 0.1) is 11.9 Å². The van der Waals surface area contributed by atoms with Crippen LogP contribution in [-0.4, -0.2) is 23.7 Å². The summed E-state index contributed by atoms with van der Waals surface area (Å²) in [4.78, 5) is 20.9. The average Bonchev–Trinajstić information content (AvgIpc) is 2.00. The van der Waals surface area contributed by atoms with Gasteiger partial charge in [-0.25, -0.2) is 4.79 Å². The van der Waals surface area contributed by atoms with Crippen LogP contribution < -0.4 is 0 Å².